The van der Waals surface area contributed by atoms with Gasteiger partial charge < -0.3 is 10.8 Å². The van der Waals surface area contributed by atoms with Crippen molar-refractivity contribution in [2.24, 2.45) is 0 Å². The average Bonchev–Trinajstić information content (AvgIpc) is 2.14. The minimum absolute atomic E-state index is 0.217. The molecular weight excluding hydrogens is 218 g/mol. The van der Waals surface area contributed by atoms with Crippen molar-refractivity contribution in [1.29, 1.82) is 0 Å². The van der Waals surface area contributed by atoms with E-state index in [1.54, 1.807) is 6.07 Å². The number of hydrogen-bond donors (Lipinski definition) is 2. The smallest absolute Gasteiger partial charge is 0.335 e. The molecule has 1 rings (SSSR count). The van der Waals surface area contributed by atoms with Crippen molar-refractivity contribution >= 4 is 19.7 Å². The summed E-state index contributed by atoms with van der Waals surface area (Å²) in [6.45, 7) is 6.37. The van der Waals surface area contributed by atoms with Crippen molar-refractivity contribution in [2.45, 2.75) is 19.6 Å². The molecule has 0 heterocycles. The predicted octanol–water partition coefficient (Wildman–Crippen LogP) is 2.20. The zero-order valence-electron chi connectivity index (χ0n) is 9.66. The molecule has 16 heavy (non-hydrogen) atoms. The van der Waals surface area contributed by atoms with E-state index in [0.29, 0.717) is 11.3 Å². The maximum Gasteiger partial charge on any atom is 0.335 e. The van der Waals surface area contributed by atoms with E-state index in [-0.39, 0.29) is 5.56 Å². The van der Waals surface area contributed by atoms with E-state index in [1.165, 1.54) is 12.1 Å². The number of nitrogens with two attached hydrogens (primary N) is 1. The van der Waals surface area contributed by atoms with Gasteiger partial charge in [0, 0.05) is 11.3 Å². The molecule has 0 spiro atoms. The van der Waals surface area contributed by atoms with Crippen LogP contribution in [0, 0.1) is 11.5 Å². The molecular formula is C12H15NO2Si. The van der Waals surface area contributed by atoms with E-state index in [0.717, 1.165) is 0 Å². The van der Waals surface area contributed by atoms with Crippen LogP contribution in [0.15, 0.2) is 18.2 Å². The Hall–Kier alpha value is -1.73. The predicted molar refractivity (Wildman–Crippen MR) is 68.0 cm³/mol. The molecule has 0 unspecified atom stereocenters. The fourth-order valence-electron chi connectivity index (χ4n) is 1.05. The van der Waals surface area contributed by atoms with Gasteiger partial charge in [-0.3, -0.25) is 0 Å². The summed E-state index contributed by atoms with van der Waals surface area (Å²) in [4.78, 5) is 10.8. The lowest BCUT2D eigenvalue weighted by Gasteiger charge is -2.04. The Labute approximate surface area is 96.3 Å². The summed E-state index contributed by atoms with van der Waals surface area (Å²) in [6.07, 6.45) is 0. The van der Waals surface area contributed by atoms with Crippen molar-refractivity contribution < 1.29 is 9.90 Å². The molecule has 0 radical (unpaired) electrons. The summed E-state index contributed by atoms with van der Waals surface area (Å²) >= 11 is 0. The van der Waals surface area contributed by atoms with E-state index in [4.69, 9.17) is 10.8 Å². The number of carboxylic acid groups (broad SMARTS) is 1. The second-order valence-corrected chi connectivity index (χ2v) is 9.36. The molecule has 1 aromatic carbocycles. The highest BCUT2D eigenvalue weighted by Gasteiger charge is 2.09. The zero-order valence-corrected chi connectivity index (χ0v) is 10.7. The third-order valence-electron chi connectivity index (χ3n) is 1.87. The Morgan fingerprint density at radius 2 is 2.00 bits per heavy atom. The Morgan fingerprint density at radius 1 is 1.38 bits per heavy atom. The number of rotatable bonds is 1. The molecule has 0 amide bonds. The van der Waals surface area contributed by atoms with Gasteiger partial charge in [0.15, 0.2) is 0 Å². The van der Waals surface area contributed by atoms with Gasteiger partial charge in [0.05, 0.1) is 5.56 Å². The highest BCUT2D eigenvalue weighted by Crippen LogP contribution is 2.13. The van der Waals surface area contributed by atoms with Crippen LogP contribution in [0.3, 0.4) is 0 Å². The summed E-state index contributed by atoms with van der Waals surface area (Å²) in [6, 6.07) is 4.58. The molecule has 0 aliphatic rings. The first-order valence-corrected chi connectivity index (χ1v) is 8.45. The van der Waals surface area contributed by atoms with Crippen LogP contribution < -0.4 is 5.73 Å². The summed E-state index contributed by atoms with van der Waals surface area (Å²) in [5.74, 6) is 2.01. The summed E-state index contributed by atoms with van der Waals surface area (Å²) in [5.41, 5.74) is 10.2. The normalized spacial score (nSPS) is 10.4. The molecule has 0 saturated carbocycles. The van der Waals surface area contributed by atoms with Gasteiger partial charge in [-0.25, -0.2) is 4.79 Å². The van der Waals surface area contributed by atoms with E-state index in [1.807, 2.05) is 0 Å². The second-order valence-electron chi connectivity index (χ2n) is 4.61. The molecule has 0 aromatic heterocycles. The van der Waals surface area contributed by atoms with Crippen LogP contribution >= 0.6 is 0 Å². The third-order valence-corrected chi connectivity index (χ3v) is 2.75. The first-order chi connectivity index (χ1) is 7.29. The summed E-state index contributed by atoms with van der Waals surface area (Å²) < 4.78 is 0. The Kier molecular flexibility index (Phi) is 3.40. The molecule has 3 nitrogen and oxygen atoms in total. The van der Waals surface area contributed by atoms with Gasteiger partial charge in [0.1, 0.15) is 8.07 Å². The molecule has 84 valence electrons. The minimum atomic E-state index is -1.47. The van der Waals surface area contributed by atoms with Gasteiger partial charge in [0.25, 0.3) is 0 Å². The number of aromatic carboxylic acids is 1. The van der Waals surface area contributed by atoms with Crippen LogP contribution in [-0.2, 0) is 0 Å². The van der Waals surface area contributed by atoms with Crippen molar-refractivity contribution in [2.75, 3.05) is 5.73 Å². The SMILES string of the molecule is C[Si](C)(C)C#Cc1cc(C(=O)O)ccc1N. The van der Waals surface area contributed by atoms with Crippen LogP contribution in [0.2, 0.25) is 19.6 Å². The van der Waals surface area contributed by atoms with E-state index in [9.17, 15) is 4.79 Å². The Bertz CT molecular complexity index is 478. The van der Waals surface area contributed by atoms with Crippen LogP contribution in [0.4, 0.5) is 5.69 Å². The maximum atomic E-state index is 10.8. The van der Waals surface area contributed by atoms with Crippen LogP contribution in [-0.4, -0.2) is 19.1 Å². The fourth-order valence-corrected chi connectivity index (χ4v) is 1.56. The summed E-state index contributed by atoms with van der Waals surface area (Å²) in [5, 5.41) is 8.85. The molecule has 0 aliphatic carbocycles. The number of anilines is 1. The van der Waals surface area contributed by atoms with Crippen LogP contribution in [0.25, 0.3) is 0 Å². The monoisotopic (exact) mass is 233 g/mol. The maximum absolute atomic E-state index is 10.8. The molecule has 0 atom stereocenters. The topological polar surface area (TPSA) is 63.3 Å². The molecule has 0 aliphatic heterocycles. The van der Waals surface area contributed by atoms with Gasteiger partial charge in [-0.2, -0.15) is 0 Å². The summed E-state index contributed by atoms with van der Waals surface area (Å²) in [7, 11) is -1.47. The Balaban J connectivity index is 3.17. The van der Waals surface area contributed by atoms with Gasteiger partial charge >= 0.3 is 5.97 Å². The lowest BCUT2D eigenvalue weighted by Crippen LogP contribution is -2.16. The van der Waals surface area contributed by atoms with Crippen LogP contribution in [0.1, 0.15) is 15.9 Å². The number of carboxylic acids is 1. The Morgan fingerprint density at radius 3 is 2.50 bits per heavy atom. The van der Waals surface area contributed by atoms with E-state index >= 15 is 0 Å². The quantitative estimate of drug-likeness (QED) is 0.444. The largest absolute Gasteiger partial charge is 0.478 e. The van der Waals surface area contributed by atoms with Gasteiger partial charge in [0.2, 0.25) is 0 Å². The molecule has 4 heteroatoms. The highest BCUT2D eigenvalue weighted by atomic mass is 28.3. The zero-order chi connectivity index (χ0) is 12.3. The van der Waals surface area contributed by atoms with Crippen molar-refractivity contribution in [3.8, 4) is 11.5 Å². The van der Waals surface area contributed by atoms with Gasteiger partial charge in [-0.15, -0.1) is 5.54 Å². The average molecular weight is 233 g/mol. The number of nitrogen functional groups attached to an aromatic ring is 1. The molecule has 1 aromatic rings. The van der Waals surface area contributed by atoms with Crippen LogP contribution in [0.5, 0.6) is 0 Å². The molecule has 3 N–H and O–H groups in total. The second kappa shape index (κ2) is 4.41. The number of hydrogen-bond acceptors (Lipinski definition) is 2. The molecule has 0 saturated heterocycles. The lowest BCUT2D eigenvalue weighted by molar-refractivity contribution is 0.0697. The first kappa shape index (κ1) is 12.3. The standard InChI is InChI=1S/C12H15NO2Si/c1-16(2,3)7-6-9-8-10(12(14)15)4-5-11(9)13/h4-5,8H,13H2,1-3H3,(H,14,15). The van der Waals surface area contributed by atoms with E-state index < -0.39 is 14.0 Å². The van der Waals surface area contributed by atoms with Gasteiger partial charge in [-0.1, -0.05) is 25.6 Å². The van der Waals surface area contributed by atoms with Crippen molar-refractivity contribution in [3.05, 3.63) is 29.3 Å². The fraction of sp³-hybridized carbons (Fsp3) is 0.250. The first-order valence-electron chi connectivity index (χ1n) is 4.95. The van der Waals surface area contributed by atoms with E-state index in [2.05, 4.69) is 31.1 Å². The number of carbonyl (C=O) groups is 1. The third kappa shape index (κ3) is 3.44. The molecule has 0 bridgehead atoms. The lowest BCUT2D eigenvalue weighted by atomic mass is 10.1. The minimum Gasteiger partial charge on any atom is -0.478 e. The van der Waals surface area contributed by atoms with Gasteiger partial charge in [-0.05, 0) is 18.2 Å². The highest BCUT2D eigenvalue weighted by molar-refractivity contribution is 6.83. The molecule has 0 fully saturated rings. The van der Waals surface area contributed by atoms with Crippen molar-refractivity contribution in [3.63, 3.8) is 0 Å². The number of benzene rings is 1. The van der Waals surface area contributed by atoms with Crippen molar-refractivity contribution in [1.82, 2.24) is 0 Å².